The lowest BCUT2D eigenvalue weighted by Gasteiger charge is -2.33. The fourth-order valence-electron chi connectivity index (χ4n) is 2.38. The molecular weight excluding hydrogens is 256 g/mol. The molecular formula is C15H28N2O3. The van der Waals surface area contributed by atoms with Crippen LogP contribution in [0.3, 0.4) is 0 Å². The molecule has 5 heteroatoms. The zero-order valence-electron chi connectivity index (χ0n) is 13.2. The van der Waals surface area contributed by atoms with Crippen molar-refractivity contribution in [2.75, 3.05) is 19.8 Å². The maximum Gasteiger partial charge on any atom is 0.248 e. The van der Waals surface area contributed by atoms with Gasteiger partial charge in [0.05, 0.1) is 6.61 Å². The minimum absolute atomic E-state index is 0.00237. The second-order valence-electron chi connectivity index (χ2n) is 5.75. The fraction of sp³-hybridized carbons (Fsp3) is 0.867. The van der Waals surface area contributed by atoms with Gasteiger partial charge in [0.2, 0.25) is 11.8 Å². The maximum absolute atomic E-state index is 12.6. The molecule has 1 saturated heterocycles. The highest BCUT2D eigenvalue weighted by Gasteiger charge is 2.41. The van der Waals surface area contributed by atoms with E-state index >= 15 is 0 Å². The lowest BCUT2D eigenvalue weighted by atomic mass is 9.97. The summed E-state index contributed by atoms with van der Waals surface area (Å²) in [6.45, 7) is 9.58. The van der Waals surface area contributed by atoms with Crippen LogP contribution in [-0.4, -0.2) is 48.1 Å². The first-order valence-corrected chi connectivity index (χ1v) is 7.64. The number of amides is 2. The van der Waals surface area contributed by atoms with Crippen molar-refractivity contribution in [1.82, 2.24) is 10.2 Å². The SMILES string of the molecule is CCCCOCCN1C(=O)C(C)(CC)NC(=O)CC1C. The van der Waals surface area contributed by atoms with Crippen LogP contribution in [0.4, 0.5) is 0 Å². The molecule has 2 amide bonds. The van der Waals surface area contributed by atoms with E-state index in [9.17, 15) is 9.59 Å². The normalized spacial score (nSPS) is 27.4. The Morgan fingerprint density at radius 3 is 2.65 bits per heavy atom. The lowest BCUT2D eigenvalue weighted by Crippen LogP contribution is -2.55. The number of unbranched alkanes of at least 4 members (excludes halogenated alkanes) is 1. The molecule has 0 aromatic rings. The molecule has 1 aliphatic heterocycles. The summed E-state index contributed by atoms with van der Waals surface area (Å²) in [7, 11) is 0. The lowest BCUT2D eigenvalue weighted by molar-refractivity contribution is -0.140. The van der Waals surface area contributed by atoms with Gasteiger partial charge in [-0.05, 0) is 26.7 Å². The number of nitrogens with one attached hydrogen (secondary N) is 1. The van der Waals surface area contributed by atoms with Gasteiger partial charge < -0.3 is 15.0 Å². The van der Waals surface area contributed by atoms with Gasteiger partial charge in [-0.1, -0.05) is 20.3 Å². The molecule has 0 aliphatic carbocycles. The molecule has 5 nitrogen and oxygen atoms in total. The minimum Gasteiger partial charge on any atom is -0.380 e. The van der Waals surface area contributed by atoms with E-state index < -0.39 is 5.54 Å². The number of hydrogen-bond acceptors (Lipinski definition) is 3. The Labute approximate surface area is 122 Å². The molecule has 1 heterocycles. The summed E-state index contributed by atoms with van der Waals surface area (Å²) in [6.07, 6.45) is 3.09. The second kappa shape index (κ2) is 7.62. The molecule has 0 bridgehead atoms. The first kappa shape index (κ1) is 17.0. The Bertz CT molecular complexity index is 346. The molecule has 116 valence electrons. The molecule has 1 rings (SSSR count). The first-order valence-electron chi connectivity index (χ1n) is 7.64. The molecule has 1 N–H and O–H groups in total. The highest BCUT2D eigenvalue weighted by Crippen LogP contribution is 2.20. The monoisotopic (exact) mass is 284 g/mol. The van der Waals surface area contributed by atoms with Gasteiger partial charge in [0.15, 0.2) is 0 Å². The van der Waals surface area contributed by atoms with E-state index in [0.29, 0.717) is 26.0 Å². The Morgan fingerprint density at radius 2 is 2.05 bits per heavy atom. The van der Waals surface area contributed by atoms with Crippen molar-refractivity contribution in [3.8, 4) is 0 Å². The van der Waals surface area contributed by atoms with Crippen LogP contribution >= 0.6 is 0 Å². The molecule has 2 atom stereocenters. The quantitative estimate of drug-likeness (QED) is 0.724. The largest absolute Gasteiger partial charge is 0.380 e. The van der Waals surface area contributed by atoms with E-state index in [4.69, 9.17) is 4.74 Å². The number of hydrogen-bond donors (Lipinski definition) is 1. The van der Waals surface area contributed by atoms with Crippen molar-refractivity contribution < 1.29 is 14.3 Å². The smallest absolute Gasteiger partial charge is 0.248 e. The van der Waals surface area contributed by atoms with E-state index in [2.05, 4.69) is 12.2 Å². The van der Waals surface area contributed by atoms with Crippen molar-refractivity contribution >= 4 is 11.8 Å². The predicted molar refractivity (Wildman–Crippen MR) is 78.4 cm³/mol. The summed E-state index contributed by atoms with van der Waals surface area (Å²) < 4.78 is 5.54. The van der Waals surface area contributed by atoms with Gasteiger partial charge >= 0.3 is 0 Å². The summed E-state index contributed by atoms with van der Waals surface area (Å²) in [4.78, 5) is 26.3. The van der Waals surface area contributed by atoms with Crippen LogP contribution in [0.25, 0.3) is 0 Å². The zero-order chi connectivity index (χ0) is 15.2. The van der Waals surface area contributed by atoms with Gasteiger partial charge in [-0.2, -0.15) is 0 Å². The summed E-state index contributed by atoms with van der Waals surface area (Å²) in [5, 5.41) is 2.85. The van der Waals surface area contributed by atoms with Gasteiger partial charge in [-0.25, -0.2) is 0 Å². The van der Waals surface area contributed by atoms with Crippen LogP contribution in [0, 0.1) is 0 Å². The van der Waals surface area contributed by atoms with E-state index in [-0.39, 0.29) is 17.9 Å². The molecule has 1 aliphatic rings. The van der Waals surface area contributed by atoms with Crippen LogP contribution in [0.2, 0.25) is 0 Å². The Kier molecular flexibility index (Phi) is 6.46. The van der Waals surface area contributed by atoms with Crippen LogP contribution in [-0.2, 0) is 14.3 Å². The van der Waals surface area contributed by atoms with Crippen LogP contribution < -0.4 is 5.32 Å². The molecule has 0 aromatic carbocycles. The summed E-state index contributed by atoms with van der Waals surface area (Å²) in [6, 6.07) is -0.0781. The van der Waals surface area contributed by atoms with E-state index in [1.807, 2.05) is 13.8 Å². The molecule has 0 aromatic heterocycles. The Hall–Kier alpha value is -1.10. The van der Waals surface area contributed by atoms with Crippen LogP contribution in [0.15, 0.2) is 0 Å². The van der Waals surface area contributed by atoms with Crippen molar-refractivity contribution in [3.05, 3.63) is 0 Å². The summed E-state index contributed by atoms with van der Waals surface area (Å²) in [5.74, 6) is -0.0537. The third-order valence-corrected chi connectivity index (χ3v) is 3.99. The molecule has 20 heavy (non-hydrogen) atoms. The van der Waals surface area contributed by atoms with Gasteiger partial charge in [-0.3, -0.25) is 9.59 Å². The van der Waals surface area contributed by atoms with Gasteiger partial charge in [0.1, 0.15) is 5.54 Å². The van der Waals surface area contributed by atoms with Crippen molar-refractivity contribution in [1.29, 1.82) is 0 Å². The minimum atomic E-state index is -0.786. The maximum atomic E-state index is 12.6. The molecule has 0 spiro atoms. The third-order valence-electron chi connectivity index (χ3n) is 3.99. The Balaban J connectivity index is 2.65. The molecule has 2 unspecified atom stereocenters. The highest BCUT2D eigenvalue weighted by molar-refractivity contribution is 5.93. The summed E-state index contributed by atoms with van der Waals surface area (Å²) in [5.41, 5.74) is -0.786. The van der Waals surface area contributed by atoms with Crippen molar-refractivity contribution in [2.24, 2.45) is 0 Å². The van der Waals surface area contributed by atoms with Gasteiger partial charge in [0, 0.05) is 25.6 Å². The number of ether oxygens (including phenoxy) is 1. The fourth-order valence-corrected chi connectivity index (χ4v) is 2.38. The number of carbonyl (C=O) groups excluding carboxylic acids is 2. The molecule has 0 saturated carbocycles. The second-order valence-corrected chi connectivity index (χ2v) is 5.75. The molecule has 1 fully saturated rings. The number of carbonyl (C=O) groups is 2. The topological polar surface area (TPSA) is 58.6 Å². The predicted octanol–water partition coefficient (Wildman–Crippen LogP) is 1.71. The van der Waals surface area contributed by atoms with E-state index in [1.165, 1.54) is 0 Å². The van der Waals surface area contributed by atoms with Gasteiger partial charge in [-0.15, -0.1) is 0 Å². The van der Waals surface area contributed by atoms with E-state index in [1.54, 1.807) is 11.8 Å². The van der Waals surface area contributed by atoms with Crippen LogP contribution in [0.5, 0.6) is 0 Å². The van der Waals surface area contributed by atoms with Gasteiger partial charge in [0.25, 0.3) is 0 Å². The highest BCUT2D eigenvalue weighted by atomic mass is 16.5. The average Bonchev–Trinajstić information content (AvgIpc) is 2.48. The van der Waals surface area contributed by atoms with Crippen molar-refractivity contribution in [2.45, 2.75) is 65.0 Å². The van der Waals surface area contributed by atoms with Crippen molar-refractivity contribution in [3.63, 3.8) is 0 Å². The standard InChI is InChI=1S/C15H28N2O3/c1-5-7-9-20-10-8-17-12(3)11-13(18)16-15(4,6-2)14(17)19/h12H,5-11H2,1-4H3,(H,16,18). The van der Waals surface area contributed by atoms with E-state index in [0.717, 1.165) is 19.4 Å². The number of nitrogens with zero attached hydrogens (tertiary/aromatic N) is 1. The summed E-state index contributed by atoms with van der Waals surface area (Å²) >= 11 is 0. The molecule has 0 radical (unpaired) electrons. The zero-order valence-corrected chi connectivity index (χ0v) is 13.2. The Morgan fingerprint density at radius 1 is 1.35 bits per heavy atom. The average molecular weight is 284 g/mol. The van der Waals surface area contributed by atoms with Crippen LogP contribution in [0.1, 0.15) is 53.4 Å². The first-order chi connectivity index (χ1) is 9.44. The third kappa shape index (κ3) is 4.20. The number of rotatable bonds is 7.